The van der Waals surface area contributed by atoms with E-state index in [9.17, 15) is 19.7 Å². The highest BCUT2D eigenvalue weighted by atomic mass is 16.6. The van der Waals surface area contributed by atoms with Crippen molar-refractivity contribution < 1.29 is 24.4 Å². The van der Waals surface area contributed by atoms with Crippen molar-refractivity contribution in [2.24, 2.45) is 0 Å². The maximum atomic E-state index is 12.9. The minimum atomic E-state index is -1.04. The van der Waals surface area contributed by atoms with Gasteiger partial charge < -0.3 is 20.1 Å². The van der Waals surface area contributed by atoms with Crippen molar-refractivity contribution in [1.29, 1.82) is 0 Å². The number of carboxylic acid groups (broad SMARTS) is 1. The van der Waals surface area contributed by atoms with E-state index in [4.69, 9.17) is 9.84 Å². The summed E-state index contributed by atoms with van der Waals surface area (Å²) in [5.41, 5.74) is 1.19. The number of amides is 1. The molecule has 1 saturated heterocycles. The molecule has 1 heterocycles. The van der Waals surface area contributed by atoms with Crippen molar-refractivity contribution in [2.45, 2.75) is 19.0 Å². The van der Waals surface area contributed by atoms with E-state index in [0.29, 0.717) is 18.8 Å². The molecule has 0 radical (unpaired) electrons. The van der Waals surface area contributed by atoms with E-state index in [1.165, 1.54) is 23.1 Å². The van der Waals surface area contributed by atoms with Crippen molar-refractivity contribution in [3.8, 4) is 0 Å². The number of carboxylic acids is 1. The second-order valence-corrected chi connectivity index (χ2v) is 6.65. The second-order valence-electron chi connectivity index (χ2n) is 6.65. The Hall–Kier alpha value is -3.46. The first-order valence-corrected chi connectivity index (χ1v) is 9.12. The summed E-state index contributed by atoms with van der Waals surface area (Å²) < 4.78 is 5.28. The number of anilines is 1. The highest BCUT2D eigenvalue weighted by molar-refractivity contribution is 5.96. The number of carbonyl (C=O) groups is 2. The molecular weight excluding hydrogens is 378 g/mol. The van der Waals surface area contributed by atoms with Crippen LogP contribution in [-0.2, 0) is 16.1 Å². The first-order valence-electron chi connectivity index (χ1n) is 9.12. The average Bonchev–Trinajstić information content (AvgIpc) is 2.72. The first-order chi connectivity index (χ1) is 14.0. The Balaban J connectivity index is 1.80. The molecule has 152 valence electrons. The largest absolute Gasteiger partial charge is 0.481 e. The monoisotopic (exact) mass is 399 g/mol. The standard InChI is InChI=1S/C20H21N3O6/c24-19(25)11-16-13-29-9-8-22(16)20(26)15-6-7-17(18(10-15)23(27)28)21-12-14-4-2-1-3-5-14/h1-7,10,16,21H,8-9,11-13H2,(H,24,25). The Labute approximate surface area is 167 Å². The van der Waals surface area contributed by atoms with Crippen molar-refractivity contribution in [3.05, 3.63) is 69.8 Å². The van der Waals surface area contributed by atoms with Gasteiger partial charge in [0.05, 0.1) is 30.6 Å². The number of hydrogen-bond acceptors (Lipinski definition) is 6. The number of aliphatic carboxylic acids is 1. The number of carbonyl (C=O) groups excluding carboxylic acids is 1. The topological polar surface area (TPSA) is 122 Å². The van der Waals surface area contributed by atoms with E-state index >= 15 is 0 Å². The lowest BCUT2D eigenvalue weighted by Crippen LogP contribution is -2.49. The molecule has 1 unspecified atom stereocenters. The van der Waals surface area contributed by atoms with Crippen molar-refractivity contribution in [3.63, 3.8) is 0 Å². The third-order valence-corrected chi connectivity index (χ3v) is 4.67. The van der Waals surface area contributed by atoms with Crippen LogP contribution in [0.3, 0.4) is 0 Å². The van der Waals surface area contributed by atoms with Crippen molar-refractivity contribution >= 4 is 23.3 Å². The molecule has 1 atom stereocenters. The quantitative estimate of drug-likeness (QED) is 0.542. The molecule has 0 aromatic heterocycles. The lowest BCUT2D eigenvalue weighted by molar-refractivity contribution is -0.384. The van der Waals surface area contributed by atoms with Crippen LogP contribution in [0.25, 0.3) is 0 Å². The Morgan fingerprint density at radius 2 is 2.00 bits per heavy atom. The van der Waals surface area contributed by atoms with Crippen LogP contribution >= 0.6 is 0 Å². The van der Waals surface area contributed by atoms with Gasteiger partial charge in [-0.2, -0.15) is 0 Å². The summed E-state index contributed by atoms with van der Waals surface area (Å²) in [5, 5.41) is 23.6. The summed E-state index contributed by atoms with van der Waals surface area (Å²) in [6.45, 7) is 1.05. The van der Waals surface area contributed by atoms with E-state index in [1.807, 2.05) is 30.3 Å². The zero-order valence-electron chi connectivity index (χ0n) is 15.6. The number of nitrogens with one attached hydrogen (secondary N) is 1. The molecule has 2 N–H and O–H groups in total. The zero-order valence-corrected chi connectivity index (χ0v) is 15.6. The molecule has 0 aliphatic carbocycles. The fourth-order valence-corrected chi connectivity index (χ4v) is 3.22. The maximum absolute atomic E-state index is 12.9. The normalized spacial score (nSPS) is 16.3. The van der Waals surface area contributed by atoms with Crippen LogP contribution in [0.5, 0.6) is 0 Å². The average molecular weight is 399 g/mol. The second kappa shape index (κ2) is 9.16. The van der Waals surface area contributed by atoms with Gasteiger partial charge in [-0.25, -0.2) is 0 Å². The van der Waals surface area contributed by atoms with Gasteiger partial charge in [-0.05, 0) is 17.7 Å². The Morgan fingerprint density at radius 3 is 2.69 bits per heavy atom. The molecule has 3 rings (SSSR count). The Morgan fingerprint density at radius 1 is 1.24 bits per heavy atom. The van der Waals surface area contributed by atoms with Crippen molar-refractivity contribution in [2.75, 3.05) is 25.1 Å². The molecule has 1 aliphatic heterocycles. The summed E-state index contributed by atoms with van der Waals surface area (Å²) >= 11 is 0. The summed E-state index contributed by atoms with van der Waals surface area (Å²) in [7, 11) is 0. The highest BCUT2D eigenvalue weighted by Gasteiger charge is 2.30. The minimum absolute atomic E-state index is 0.122. The van der Waals surface area contributed by atoms with Gasteiger partial charge in [0, 0.05) is 24.7 Å². The number of hydrogen-bond donors (Lipinski definition) is 2. The van der Waals surface area contributed by atoms with Crippen LogP contribution < -0.4 is 5.32 Å². The number of ether oxygens (including phenoxy) is 1. The molecule has 2 aromatic carbocycles. The summed E-state index contributed by atoms with van der Waals surface area (Å²) in [6, 6.07) is 13.1. The summed E-state index contributed by atoms with van der Waals surface area (Å²) in [6.07, 6.45) is -0.245. The van der Waals surface area contributed by atoms with Gasteiger partial charge in [-0.1, -0.05) is 30.3 Å². The van der Waals surface area contributed by atoms with Gasteiger partial charge in [0.25, 0.3) is 11.6 Å². The first kappa shape index (κ1) is 20.3. The third kappa shape index (κ3) is 5.08. The molecule has 0 spiro atoms. The number of benzene rings is 2. The third-order valence-electron chi connectivity index (χ3n) is 4.67. The van der Waals surface area contributed by atoms with Crippen LogP contribution in [0.15, 0.2) is 48.5 Å². The fourth-order valence-electron chi connectivity index (χ4n) is 3.22. The van der Waals surface area contributed by atoms with Gasteiger partial charge in [0.2, 0.25) is 0 Å². The van der Waals surface area contributed by atoms with Crippen LogP contribution in [-0.4, -0.2) is 52.6 Å². The predicted octanol–water partition coefficient (Wildman–Crippen LogP) is 2.52. The molecule has 0 bridgehead atoms. The van der Waals surface area contributed by atoms with Crippen LogP contribution in [0.2, 0.25) is 0 Å². The summed E-state index contributed by atoms with van der Waals surface area (Å²) in [5.74, 6) is -1.48. The van der Waals surface area contributed by atoms with Crippen LogP contribution in [0, 0.1) is 10.1 Å². The zero-order chi connectivity index (χ0) is 20.8. The number of nitro groups is 1. The Bertz CT molecular complexity index is 902. The molecule has 9 heteroatoms. The molecular formula is C20H21N3O6. The van der Waals surface area contributed by atoms with Gasteiger partial charge in [0.1, 0.15) is 5.69 Å². The predicted molar refractivity (Wildman–Crippen MR) is 105 cm³/mol. The van der Waals surface area contributed by atoms with Crippen molar-refractivity contribution in [1.82, 2.24) is 4.90 Å². The van der Waals surface area contributed by atoms with Gasteiger partial charge >= 0.3 is 5.97 Å². The van der Waals surface area contributed by atoms with E-state index < -0.39 is 22.8 Å². The molecule has 2 aromatic rings. The van der Waals surface area contributed by atoms with E-state index in [2.05, 4.69) is 5.32 Å². The minimum Gasteiger partial charge on any atom is -0.481 e. The lowest BCUT2D eigenvalue weighted by atomic mass is 10.1. The van der Waals surface area contributed by atoms with E-state index in [-0.39, 0.29) is 30.8 Å². The van der Waals surface area contributed by atoms with E-state index in [0.717, 1.165) is 5.56 Å². The number of morpholine rings is 1. The van der Waals surface area contributed by atoms with E-state index in [1.54, 1.807) is 0 Å². The highest BCUT2D eigenvalue weighted by Crippen LogP contribution is 2.27. The molecule has 0 saturated carbocycles. The lowest BCUT2D eigenvalue weighted by Gasteiger charge is -2.34. The Kier molecular flexibility index (Phi) is 6.40. The molecule has 1 fully saturated rings. The smallest absolute Gasteiger partial charge is 0.305 e. The van der Waals surface area contributed by atoms with Crippen LogP contribution in [0.1, 0.15) is 22.3 Å². The number of nitrogens with zero attached hydrogens (tertiary/aromatic N) is 2. The SMILES string of the molecule is O=C(O)CC1COCCN1C(=O)c1ccc(NCc2ccccc2)c([N+](=O)[O-])c1. The fraction of sp³-hybridized carbons (Fsp3) is 0.300. The number of rotatable bonds is 7. The van der Waals surface area contributed by atoms with Gasteiger partial charge in [-0.15, -0.1) is 0 Å². The number of nitro benzene ring substituents is 1. The molecule has 29 heavy (non-hydrogen) atoms. The van der Waals surface area contributed by atoms with Gasteiger partial charge in [0.15, 0.2) is 0 Å². The summed E-state index contributed by atoms with van der Waals surface area (Å²) in [4.78, 5) is 36.4. The molecule has 1 amide bonds. The van der Waals surface area contributed by atoms with Crippen LogP contribution in [0.4, 0.5) is 11.4 Å². The maximum Gasteiger partial charge on any atom is 0.305 e. The van der Waals surface area contributed by atoms with Gasteiger partial charge in [-0.3, -0.25) is 19.7 Å². The molecule has 1 aliphatic rings. The molecule has 9 nitrogen and oxygen atoms in total.